The van der Waals surface area contributed by atoms with E-state index < -0.39 is 39.3 Å². The first-order valence-electron chi connectivity index (χ1n) is 8.10. The Morgan fingerprint density at radius 1 is 1.07 bits per heavy atom. The quantitative estimate of drug-likeness (QED) is 0.464. The van der Waals surface area contributed by atoms with E-state index in [9.17, 15) is 31.5 Å². The van der Waals surface area contributed by atoms with E-state index in [4.69, 9.17) is 28.3 Å². The Morgan fingerprint density at radius 2 is 1.73 bits per heavy atom. The Bertz CT molecular complexity index is 1030. The topological polar surface area (TPSA) is 116 Å². The van der Waals surface area contributed by atoms with Gasteiger partial charge in [-0.05, 0) is 35.4 Å². The van der Waals surface area contributed by atoms with E-state index >= 15 is 0 Å². The monoisotopic (exact) mass is 486 g/mol. The largest absolute Gasteiger partial charge is 0.516 e. The number of nitrogens with one attached hydrogen (secondary N) is 2. The molecule has 4 N–H and O–H groups in total. The van der Waals surface area contributed by atoms with Gasteiger partial charge in [-0.15, -0.1) is 0 Å². The molecule has 0 saturated carbocycles. The van der Waals surface area contributed by atoms with Crippen LogP contribution in [0.1, 0.15) is 23.1 Å². The van der Waals surface area contributed by atoms with Crippen molar-refractivity contribution in [1.82, 2.24) is 5.32 Å². The number of carboxylic acid groups (broad SMARTS) is 1. The molecule has 2 aromatic rings. The summed E-state index contributed by atoms with van der Waals surface area (Å²) in [6, 6.07) is 9.03. The van der Waals surface area contributed by atoms with E-state index in [-0.39, 0.29) is 22.2 Å². The molecule has 2 atom stereocenters. The number of sulfonamides is 1. The molecule has 0 aliphatic rings. The molecular weight excluding hydrogens is 472 g/mol. The molecule has 1 amide bonds. The number of halogens is 5. The van der Waals surface area contributed by atoms with Crippen molar-refractivity contribution in [3.8, 4) is 0 Å². The van der Waals surface area contributed by atoms with Crippen LogP contribution in [0.25, 0.3) is 0 Å². The number of rotatable bonds is 7. The van der Waals surface area contributed by atoms with E-state index in [2.05, 4.69) is 5.32 Å². The molecule has 0 bridgehead atoms. The highest BCUT2D eigenvalue weighted by atomic mass is 35.5. The Balaban J connectivity index is 2.38. The molecule has 0 fully saturated rings. The summed E-state index contributed by atoms with van der Waals surface area (Å²) >= 11 is 11.8. The average molecular weight is 487 g/mol. The highest BCUT2D eigenvalue weighted by Crippen LogP contribution is 2.35. The number of hydrogen-bond donors (Lipinski definition) is 4. The van der Waals surface area contributed by atoms with Crippen LogP contribution < -0.4 is 10.0 Å². The molecule has 164 valence electrons. The Morgan fingerprint density at radius 3 is 2.30 bits per heavy atom. The van der Waals surface area contributed by atoms with Crippen LogP contribution in [0.5, 0.6) is 0 Å². The summed E-state index contributed by atoms with van der Waals surface area (Å²) in [5.74, 6) is -0.912. The minimum Gasteiger partial charge on any atom is -0.465 e. The van der Waals surface area contributed by atoms with Gasteiger partial charge in [0.1, 0.15) is 0 Å². The molecule has 0 heterocycles. The maximum atomic E-state index is 12.6. The molecular formula is C17H15Cl2F3N2O5S. The zero-order valence-corrected chi connectivity index (χ0v) is 17.1. The molecule has 0 saturated heterocycles. The standard InChI is InChI=1S/C17H15Cl2F3N2O5S/c18-13-5-4-9(7-14(13)19)12(8-23-16(26)27)15(25)10-2-1-3-11(6-10)24-30(28,29)17(20,21)22/h1-7,12,15,23-25H,8H2,(H,26,27). The molecule has 7 nitrogen and oxygen atoms in total. The fourth-order valence-corrected chi connectivity index (χ4v) is 3.44. The average Bonchev–Trinajstić information content (AvgIpc) is 2.63. The maximum Gasteiger partial charge on any atom is 0.516 e. The number of aliphatic hydroxyl groups is 1. The minimum absolute atomic E-state index is 0.0423. The lowest BCUT2D eigenvalue weighted by Gasteiger charge is -2.24. The van der Waals surface area contributed by atoms with Crippen LogP contribution in [0.3, 0.4) is 0 Å². The van der Waals surface area contributed by atoms with Crippen molar-refractivity contribution in [2.45, 2.75) is 17.5 Å². The third kappa shape index (κ3) is 5.91. The first-order chi connectivity index (χ1) is 13.8. The van der Waals surface area contributed by atoms with Crippen LogP contribution in [0.2, 0.25) is 10.0 Å². The molecule has 13 heteroatoms. The fraction of sp³-hybridized carbons (Fsp3) is 0.235. The Labute approximate surface area is 179 Å². The third-order valence-electron chi connectivity index (χ3n) is 4.01. The van der Waals surface area contributed by atoms with Crippen molar-refractivity contribution in [3.63, 3.8) is 0 Å². The second kappa shape index (κ2) is 9.29. The highest BCUT2D eigenvalue weighted by molar-refractivity contribution is 7.93. The first kappa shape index (κ1) is 24.1. The number of carbonyl (C=O) groups is 1. The highest BCUT2D eigenvalue weighted by Gasteiger charge is 2.46. The molecule has 2 unspecified atom stereocenters. The number of amides is 1. The van der Waals surface area contributed by atoms with E-state index in [0.29, 0.717) is 5.56 Å². The van der Waals surface area contributed by atoms with Crippen molar-refractivity contribution in [2.24, 2.45) is 0 Å². The Hall–Kier alpha value is -2.21. The zero-order valence-electron chi connectivity index (χ0n) is 14.8. The summed E-state index contributed by atoms with van der Waals surface area (Å²) < 4.78 is 61.8. The lowest BCUT2D eigenvalue weighted by atomic mass is 9.89. The minimum atomic E-state index is -5.65. The first-order valence-corrected chi connectivity index (χ1v) is 10.3. The van der Waals surface area contributed by atoms with E-state index in [1.807, 2.05) is 0 Å². The van der Waals surface area contributed by atoms with Crippen molar-refractivity contribution in [1.29, 1.82) is 0 Å². The van der Waals surface area contributed by atoms with Gasteiger partial charge in [0.15, 0.2) is 0 Å². The fourth-order valence-electron chi connectivity index (χ4n) is 2.58. The van der Waals surface area contributed by atoms with Crippen LogP contribution in [0.15, 0.2) is 42.5 Å². The number of aliphatic hydroxyl groups excluding tert-OH is 1. The van der Waals surface area contributed by atoms with Gasteiger partial charge >= 0.3 is 21.6 Å². The van der Waals surface area contributed by atoms with Gasteiger partial charge in [-0.1, -0.05) is 41.4 Å². The Kier molecular flexibility index (Phi) is 7.45. The summed E-state index contributed by atoms with van der Waals surface area (Å²) in [4.78, 5) is 10.9. The van der Waals surface area contributed by atoms with E-state index in [1.165, 1.54) is 35.1 Å². The van der Waals surface area contributed by atoms with Gasteiger partial charge in [0.25, 0.3) is 0 Å². The predicted octanol–water partition coefficient (Wildman–Crippen LogP) is 4.34. The number of benzene rings is 2. The van der Waals surface area contributed by atoms with Crippen molar-refractivity contribution in [3.05, 3.63) is 63.6 Å². The van der Waals surface area contributed by atoms with Gasteiger partial charge in [0.2, 0.25) is 0 Å². The molecule has 0 radical (unpaired) electrons. The zero-order chi connectivity index (χ0) is 22.7. The van der Waals surface area contributed by atoms with Gasteiger partial charge in [-0.3, -0.25) is 4.72 Å². The number of hydrogen-bond acceptors (Lipinski definition) is 4. The normalized spacial score (nSPS) is 14.1. The van der Waals surface area contributed by atoms with Gasteiger partial charge in [0, 0.05) is 18.2 Å². The lowest BCUT2D eigenvalue weighted by molar-refractivity contribution is -0.0429. The SMILES string of the molecule is O=C(O)NCC(c1ccc(Cl)c(Cl)c1)C(O)c1cccc(NS(=O)(=O)C(F)(F)F)c1. The van der Waals surface area contributed by atoms with E-state index in [0.717, 1.165) is 12.1 Å². The maximum absolute atomic E-state index is 12.6. The molecule has 0 aromatic heterocycles. The smallest absolute Gasteiger partial charge is 0.465 e. The van der Waals surface area contributed by atoms with Crippen LogP contribution in [-0.2, 0) is 10.0 Å². The second-order valence-corrected chi connectivity index (χ2v) is 8.58. The molecule has 0 spiro atoms. The van der Waals surface area contributed by atoms with Crippen molar-refractivity contribution >= 4 is 45.0 Å². The van der Waals surface area contributed by atoms with Crippen LogP contribution in [-0.4, -0.2) is 36.8 Å². The summed E-state index contributed by atoms with van der Waals surface area (Å²) in [6.45, 7) is -0.271. The van der Waals surface area contributed by atoms with Crippen LogP contribution >= 0.6 is 23.2 Å². The summed E-state index contributed by atoms with van der Waals surface area (Å²) in [5.41, 5.74) is -5.51. The van der Waals surface area contributed by atoms with Crippen LogP contribution in [0, 0.1) is 0 Å². The van der Waals surface area contributed by atoms with Crippen LogP contribution in [0.4, 0.5) is 23.7 Å². The summed E-state index contributed by atoms with van der Waals surface area (Å²) in [5, 5.41) is 22.2. The lowest BCUT2D eigenvalue weighted by Crippen LogP contribution is -2.30. The molecule has 0 aliphatic carbocycles. The van der Waals surface area contributed by atoms with Gasteiger partial charge < -0.3 is 15.5 Å². The number of alkyl halides is 3. The predicted molar refractivity (Wildman–Crippen MR) is 105 cm³/mol. The molecule has 0 aliphatic heterocycles. The molecule has 2 aromatic carbocycles. The van der Waals surface area contributed by atoms with E-state index in [1.54, 1.807) is 0 Å². The summed E-state index contributed by atoms with van der Waals surface area (Å²) in [6.07, 6.45) is -2.79. The summed E-state index contributed by atoms with van der Waals surface area (Å²) in [7, 11) is -5.65. The van der Waals surface area contributed by atoms with Gasteiger partial charge in [-0.25, -0.2) is 4.79 Å². The van der Waals surface area contributed by atoms with Crippen molar-refractivity contribution in [2.75, 3.05) is 11.3 Å². The second-order valence-electron chi connectivity index (χ2n) is 6.09. The number of anilines is 1. The van der Waals surface area contributed by atoms with Gasteiger partial charge in [0.05, 0.1) is 16.1 Å². The molecule has 2 rings (SSSR count). The third-order valence-corrected chi connectivity index (χ3v) is 5.86. The molecule has 30 heavy (non-hydrogen) atoms. The van der Waals surface area contributed by atoms with Crippen molar-refractivity contribution < 1.29 is 36.6 Å². The van der Waals surface area contributed by atoms with Gasteiger partial charge in [-0.2, -0.15) is 21.6 Å².